The Morgan fingerprint density at radius 3 is 2.68 bits per heavy atom. The van der Waals surface area contributed by atoms with Gasteiger partial charge in [0.1, 0.15) is 0 Å². The van der Waals surface area contributed by atoms with E-state index in [9.17, 15) is 4.79 Å². The third-order valence-corrected chi connectivity index (χ3v) is 4.87. The largest absolute Gasteiger partial charge is 0.493 e. The van der Waals surface area contributed by atoms with Crippen molar-refractivity contribution in [2.24, 2.45) is 0 Å². The summed E-state index contributed by atoms with van der Waals surface area (Å²) in [6.07, 6.45) is 1.45. The molecule has 2 aromatic rings. The molecule has 0 N–H and O–H groups in total. The maximum absolute atomic E-state index is 12.7. The summed E-state index contributed by atoms with van der Waals surface area (Å²) >= 11 is 0. The van der Waals surface area contributed by atoms with Crippen LogP contribution >= 0.6 is 0 Å². The summed E-state index contributed by atoms with van der Waals surface area (Å²) in [6, 6.07) is 7.79. The number of rotatable bonds is 9. The number of ether oxygens (including phenoxy) is 2. The predicted molar refractivity (Wildman–Crippen MR) is 106 cm³/mol. The molecule has 1 aromatic carbocycles. The Kier molecular flexibility index (Phi) is 7.44. The van der Waals surface area contributed by atoms with Crippen molar-refractivity contribution in [1.29, 1.82) is 5.26 Å². The third-order valence-electron chi connectivity index (χ3n) is 4.87. The van der Waals surface area contributed by atoms with Crippen LogP contribution in [0.2, 0.25) is 0 Å². The molecule has 0 radical (unpaired) electrons. The molecular weight excluding hydrogens is 356 g/mol. The number of carbonyl (C=O) groups excluding carboxylic acids is 1. The van der Waals surface area contributed by atoms with Crippen LogP contribution in [0.15, 0.2) is 18.2 Å². The third kappa shape index (κ3) is 4.83. The van der Waals surface area contributed by atoms with Gasteiger partial charge in [-0.2, -0.15) is 10.4 Å². The minimum Gasteiger partial charge on any atom is -0.493 e. The van der Waals surface area contributed by atoms with Gasteiger partial charge in [0.15, 0.2) is 11.5 Å². The molecule has 1 amide bonds. The van der Waals surface area contributed by atoms with Crippen molar-refractivity contribution in [3.63, 3.8) is 0 Å². The number of nitrogens with zero attached hydrogens (tertiary/aromatic N) is 4. The van der Waals surface area contributed by atoms with Crippen molar-refractivity contribution in [3.8, 4) is 17.6 Å². The lowest BCUT2D eigenvalue weighted by molar-refractivity contribution is -0.130. The molecule has 0 saturated carbocycles. The molecule has 0 aliphatic carbocycles. The van der Waals surface area contributed by atoms with Gasteiger partial charge in [-0.25, -0.2) is 0 Å². The first-order valence-corrected chi connectivity index (χ1v) is 9.26. The number of nitriles is 1. The van der Waals surface area contributed by atoms with Crippen LogP contribution in [-0.4, -0.2) is 41.9 Å². The Labute approximate surface area is 166 Å². The van der Waals surface area contributed by atoms with Gasteiger partial charge in [0.05, 0.1) is 38.9 Å². The molecule has 0 aliphatic heterocycles. The first kappa shape index (κ1) is 21.3. The van der Waals surface area contributed by atoms with Crippen LogP contribution in [0.4, 0.5) is 0 Å². The summed E-state index contributed by atoms with van der Waals surface area (Å²) < 4.78 is 12.6. The second kappa shape index (κ2) is 9.79. The average Bonchev–Trinajstić information content (AvgIpc) is 2.96. The van der Waals surface area contributed by atoms with Crippen LogP contribution < -0.4 is 9.47 Å². The van der Waals surface area contributed by atoms with E-state index in [4.69, 9.17) is 14.7 Å². The number of methoxy groups -OCH3 is 2. The SMILES string of the molecule is COc1cccc(CN(C)C(=O)CCc2c(C)nn(CCC#N)c2C)c1OC. The van der Waals surface area contributed by atoms with E-state index in [0.717, 1.165) is 22.5 Å². The molecule has 1 heterocycles. The molecule has 0 bridgehead atoms. The minimum absolute atomic E-state index is 0.0495. The molecule has 0 atom stereocenters. The molecule has 1 aromatic heterocycles. The number of hydrogen-bond donors (Lipinski definition) is 0. The maximum Gasteiger partial charge on any atom is 0.222 e. The molecule has 2 rings (SSSR count). The molecule has 150 valence electrons. The summed E-state index contributed by atoms with van der Waals surface area (Å²) in [4.78, 5) is 14.4. The Bertz CT molecular complexity index is 867. The standard InChI is InChI=1S/C21H28N4O3/c1-15-18(16(2)25(23-15)13-7-12-22)10-11-20(26)24(3)14-17-8-6-9-19(27-4)21(17)28-5/h6,8-9H,7,10-11,13-14H2,1-5H3. The number of hydrogen-bond acceptors (Lipinski definition) is 5. The van der Waals surface area contributed by atoms with Gasteiger partial charge in [0.2, 0.25) is 5.91 Å². The van der Waals surface area contributed by atoms with Crippen molar-refractivity contribution in [2.45, 2.75) is 46.2 Å². The first-order valence-electron chi connectivity index (χ1n) is 9.26. The number of para-hydroxylation sites is 1. The number of aryl methyl sites for hydroxylation is 2. The Balaban J connectivity index is 2.03. The second-order valence-electron chi connectivity index (χ2n) is 6.68. The van der Waals surface area contributed by atoms with Crippen LogP contribution in [-0.2, 0) is 24.3 Å². The summed E-state index contributed by atoms with van der Waals surface area (Å²) in [5.41, 5.74) is 3.92. The fraction of sp³-hybridized carbons (Fsp3) is 0.476. The topological polar surface area (TPSA) is 80.4 Å². The summed E-state index contributed by atoms with van der Waals surface area (Å²) in [5, 5.41) is 13.3. The van der Waals surface area contributed by atoms with E-state index in [1.165, 1.54) is 0 Å². The van der Waals surface area contributed by atoms with Crippen molar-refractivity contribution in [1.82, 2.24) is 14.7 Å². The van der Waals surface area contributed by atoms with Gasteiger partial charge in [0, 0.05) is 31.3 Å². The van der Waals surface area contributed by atoms with Gasteiger partial charge in [-0.15, -0.1) is 0 Å². The highest BCUT2D eigenvalue weighted by Gasteiger charge is 2.17. The van der Waals surface area contributed by atoms with Gasteiger partial charge < -0.3 is 14.4 Å². The minimum atomic E-state index is 0.0495. The lowest BCUT2D eigenvalue weighted by atomic mass is 10.1. The number of carbonyl (C=O) groups is 1. The predicted octanol–water partition coefficient (Wildman–Crippen LogP) is 3.02. The maximum atomic E-state index is 12.7. The van der Waals surface area contributed by atoms with Crippen molar-refractivity contribution in [2.75, 3.05) is 21.3 Å². The summed E-state index contributed by atoms with van der Waals surface area (Å²) in [6.45, 7) is 4.95. The molecular formula is C21H28N4O3. The first-order chi connectivity index (χ1) is 13.4. The second-order valence-corrected chi connectivity index (χ2v) is 6.68. The summed E-state index contributed by atoms with van der Waals surface area (Å²) in [7, 11) is 4.98. The van der Waals surface area contributed by atoms with Gasteiger partial charge in [-0.1, -0.05) is 12.1 Å². The fourth-order valence-electron chi connectivity index (χ4n) is 3.31. The molecule has 7 nitrogen and oxygen atoms in total. The molecule has 0 saturated heterocycles. The average molecular weight is 384 g/mol. The van der Waals surface area contributed by atoms with Crippen LogP contribution in [0.3, 0.4) is 0 Å². The van der Waals surface area contributed by atoms with Crippen molar-refractivity contribution >= 4 is 5.91 Å². The summed E-state index contributed by atoms with van der Waals surface area (Å²) in [5.74, 6) is 1.35. The smallest absolute Gasteiger partial charge is 0.222 e. The van der Waals surface area contributed by atoms with Gasteiger partial charge in [-0.05, 0) is 31.9 Å². The Morgan fingerprint density at radius 1 is 1.29 bits per heavy atom. The molecule has 0 aliphatic rings. The van der Waals surface area contributed by atoms with Crippen molar-refractivity contribution < 1.29 is 14.3 Å². The zero-order chi connectivity index (χ0) is 20.7. The van der Waals surface area contributed by atoms with Crippen LogP contribution in [0.1, 0.15) is 35.4 Å². The molecule has 28 heavy (non-hydrogen) atoms. The highest BCUT2D eigenvalue weighted by atomic mass is 16.5. The van der Waals surface area contributed by atoms with Gasteiger partial charge >= 0.3 is 0 Å². The molecule has 7 heteroatoms. The monoisotopic (exact) mass is 384 g/mol. The molecule has 0 spiro atoms. The van der Waals surface area contributed by atoms with E-state index in [-0.39, 0.29) is 5.91 Å². The quantitative estimate of drug-likeness (QED) is 0.664. The van der Waals surface area contributed by atoms with Gasteiger partial charge in [0.25, 0.3) is 0 Å². The van der Waals surface area contributed by atoms with E-state index in [0.29, 0.717) is 43.9 Å². The molecule has 0 unspecified atom stereocenters. The Morgan fingerprint density at radius 2 is 2.04 bits per heavy atom. The number of amides is 1. The van der Waals surface area contributed by atoms with E-state index in [2.05, 4.69) is 11.2 Å². The number of aromatic nitrogens is 2. The number of benzene rings is 1. The van der Waals surface area contributed by atoms with E-state index < -0.39 is 0 Å². The molecule has 0 fully saturated rings. The zero-order valence-corrected chi connectivity index (χ0v) is 17.3. The van der Waals surface area contributed by atoms with Crippen LogP contribution in [0.5, 0.6) is 11.5 Å². The van der Waals surface area contributed by atoms with Gasteiger partial charge in [-0.3, -0.25) is 9.48 Å². The Hall–Kier alpha value is -3.01. The van der Waals surface area contributed by atoms with Crippen LogP contribution in [0.25, 0.3) is 0 Å². The normalized spacial score (nSPS) is 10.4. The zero-order valence-electron chi connectivity index (χ0n) is 17.3. The highest BCUT2D eigenvalue weighted by molar-refractivity contribution is 5.76. The van der Waals surface area contributed by atoms with Crippen molar-refractivity contribution in [3.05, 3.63) is 40.7 Å². The van der Waals surface area contributed by atoms with E-state index in [1.54, 1.807) is 26.2 Å². The van der Waals surface area contributed by atoms with E-state index >= 15 is 0 Å². The van der Waals surface area contributed by atoms with E-state index in [1.807, 2.05) is 36.7 Å². The fourth-order valence-corrected chi connectivity index (χ4v) is 3.31. The lowest BCUT2D eigenvalue weighted by Gasteiger charge is -2.20. The lowest BCUT2D eigenvalue weighted by Crippen LogP contribution is -2.26. The van der Waals surface area contributed by atoms with Crippen LogP contribution in [0, 0.1) is 25.2 Å². The highest BCUT2D eigenvalue weighted by Crippen LogP contribution is 2.31.